The fraction of sp³-hybridized carbons (Fsp3) is 0.588. The van der Waals surface area contributed by atoms with E-state index in [1.165, 1.54) is 5.56 Å². The van der Waals surface area contributed by atoms with Crippen LogP contribution in [0.25, 0.3) is 0 Å². The fourth-order valence-electron chi connectivity index (χ4n) is 2.56. The van der Waals surface area contributed by atoms with Gasteiger partial charge >= 0.3 is 0 Å². The Balaban J connectivity index is 1.58. The summed E-state index contributed by atoms with van der Waals surface area (Å²) in [5.41, 5.74) is 1.22. The number of guanidine groups is 1. The molecule has 1 atom stereocenters. The van der Waals surface area contributed by atoms with E-state index >= 15 is 0 Å². The van der Waals surface area contributed by atoms with Crippen molar-refractivity contribution in [1.29, 1.82) is 0 Å². The average Bonchev–Trinajstić information content (AvgIpc) is 2.90. The molecule has 1 aliphatic rings. The van der Waals surface area contributed by atoms with E-state index in [0.717, 1.165) is 25.1 Å². The van der Waals surface area contributed by atoms with E-state index in [9.17, 15) is 8.42 Å². The van der Waals surface area contributed by atoms with Gasteiger partial charge in [0.05, 0.1) is 18.1 Å². The second kappa shape index (κ2) is 8.92. The molecule has 0 saturated carbocycles. The third-order valence-electron chi connectivity index (χ3n) is 3.95. The first kappa shape index (κ1) is 18.6. The van der Waals surface area contributed by atoms with E-state index in [1.807, 2.05) is 24.3 Å². The van der Waals surface area contributed by atoms with Crippen LogP contribution in [-0.4, -0.2) is 52.1 Å². The molecule has 0 radical (unpaired) electrons. The van der Waals surface area contributed by atoms with Crippen molar-refractivity contribution in [3.05, 3.63) is 29.8 Å². The smallest absolute Gasteiger partial charge is 0.191 e. The van der Waals surface area contributed by atoms with Crippen molar-refractivity contribution >= 4 is 15.8 Å². The predicted octanol–water partition coefficient (Wildman–Crippen LogP) is 1.51. The van der Waals surface area contributed by atoms with E-state index in [2.05, 4.69) is 22.5 Å². The Morgan fingerprint density at radius 3 is 2.67 bits per heavy atom. The largest absolute Gasteiger partial charge is 0.494 e. The summed E-state index contributed by atoms with van der Waals surface area (Å²) in [6, 6.07) is 8.00. The molecule has 2 rings (SSSR count). The Hall–Kier alpha value is -1.76. The minimum absolute atomic E-state index is 0.0360. The number of sulfone groups is 1. The first-order valence-electron chi connectivity index (χ1n) is 8.35. The molecule has 1 aliphatic heterocycles. The SMILES string of the molecule is CN=C(NCCCCOc1ccc(C)cc1)NC1CCS(=O)(=O)C1. The number of rotatable bonds is 7. The summed E-state index contributed by atoms with van der Waals surface area (Å²) in [6.07, 6.45) is 2.54. The summed E-state index contributed by atoms with van der Waals surface area (Å²) in [4.78, 5) is 4.14. The van der Waals surface area contributed by atoms with Gasteiger partial charge in [-0.3, -0.25) is 4.99 Å². The highest BCUT2D eigenvalue weighted by Crippen LogP contribution is 2.12. The van der Waals surface area contributed by atoms with Crippen molar-refractivity contribution in [2.75, 3.05) is 31.7 Å². The normalized spacial score (nSPS) is 19.9. The van der Waals surface area contributed by atoms with Crippen LogP contribution in [0.15, 0.2) is 29.3 Å². The quantitative estimate of drug-likeness (QED) is 0.441. The Bertz CT molecular complexity index is 642. The first-order valence-corrected chi connectivity index (χ1v) is 10.2. The summed E-state index contributed by atoms with van der Waals surface area (Å²) in [5.74, 6) is 2.01. The zero-order valence-corrected chi connectivity index (χ0v) is 15.2. The van der Waals surface area contributed by atoms with Gasteiger partial charge in [-0.2, -0.15) is 0 Å². The van der Waals surface area contributed by atoms with E-state index in [4.69, 9.17) is 4.74 Å². The number of unbranched alkanes of at least 4 members (excludes halogenated alkanes) is 1. The Labute approximate surface area is 144 Å². The zero-order chi connectivity index (χ0) is 17.4. The van der Waals surface area contributed by atoms with Gasteiger partial charge in [-0.05, 0) is 38.3 Å². The Kier molecular flexibility index (Phi) is 6.90. The monoisotopic (exact) mass is 353 g/mol. The Morgan fingerprint density at radius 2 is 2.04 bits per heavy atom. The van der Waals surface area contributed by atoms with Crippen molar-refractivity contribution in [2.24, 2.45) is 4.99 Å². The molecule has 2 N–H and O–H groups in total. The van der Waals surface area contributed by atoms with Crippen molar-refractivity contribution in [3.63, 3.8) is 0 Å². The maximum atomic E-state index is 11.5. The summed E-state index contributed by atoms with van der Waals surface area (Å²) < 4.78 is 28.6. The summed E-state index contributed by atoms with van der Waals surface area (Å²) in [5, 5.41) is 6.39. The lowest BCUT2D eigenvalue weighted by molar-refractivity contribution is 0.307. The molecule has 7 heteroatoms. The highest BCUT2D eigenvalue weighted by atomic mass is 32.2. The third kappa shape index (κ3) is 6.39. The van der Waals surface area contributed by atoms with Crippen LogP contribution in [0.2, 0.25) is 0 Å². The number of nitrogens with one attached hydrogen (secondary N) is 2. The Morgan fingerprint density at radius 1 is 1.29 bits per heavy atom. The van der Waals surface area contributed by atoms with E-state index in [0.29, 0.717) is 19.0 Å². The van der Waals surface area contributed by atoms with Gasteiger partial charge in [-0.1, -0.05) is 17.7 Å². The van der Waals surface area contributed by atoms with Crippen molar-refractivity contribution in [2.45, 2.75) is 32.2 Å². The molecule has 0 spiro atoms. The maximum Gasteiger partial charge on any atom is 0.191 e. The van der Waals surface area contributed by atoms with Crippen LogP contribution in [0.1, 0.15) is 24.8 Å². The molecule has 6 nitrogen and oxygen atoms in total. The molecule has 0 aliphatic carbocycles. The summed E-state index contributed by atoms with van der Waals surface area (Å²) in [6.45, 7) is 3.51. The molecule has 0 aromatic heterocycles. The number of benzene rings is 1. The van der Waals surface area contributed by atoms with Crippen LogP contribution < -0.4 is 15.4 Å². The van der Waals surface area contributed by atoms with E-state index in [1.54, 1.807) is 7.05 Å². The third-order valence-corrected chi connectivity index (χ3v) is 5.72. The zero-order valence-electron chi connectivity index (χ0n) is 14.4. The van der Waals surface area contributed by atoms with Gasteiger partial charge in [0.2, 0.25) is 0 Å². The summed E-state index contributed by atoms with van der Waals surface area (Å²) >= 11 is 0. The van der Waals surface area contributed by atoms with Gasteiger partial charge < -0.3 is 15.4 Å². The number of aliphatic imine (C=N–C) groups is 1. The second-order valence-corrected chi connectivity index (χ2v) is 8.34. The van der Waals surface area contributed by atoms with Gasteiger partial charge in [0, 0.05) is 19.6 Å². The van der Waals surface area contributed by atoms with Crippen molar-refractivity contribution < 1.29 is 13.2 Å². The topological polar surface area (TPSA) is 79.8 Å². The van der Waals surface area contributed by atoms with Crippen LogP contribution in [-0.2, 0) is 9.84 Å². The van der Waals surface area contributed by atoms with Crippen LogP contribution in [0.4, 0.5) is 0 Å². The molecule has 1 fully saturated rings. The van der Waals surface area contributed by atoms with Crippen LogP contribution in [0.5, 0.6) is 5.75 Å². The number of ether oxygens (including phenoxy) is 1. The fourth-order valence-corrected chi connectivity index (χ4v) is 4.23. The van der Waals surface area contributed by atoms with E-state index < -0.39 is 9.84 Å². The molecule has 0 amide bonds. The number of nitrogens with zero attached hydrogens (tertiary/aromatic N) is 1. The van der Waals surface area contributed by atoms with Crippen LogP contribution in [0, 0.1) is 6.92 Å². The molecular formula is C17H27N3O3S. The highest BCUT2D eigenvalue weighted by Gasteiger charge is 2.28. The average molecular weight is 353 g/mol. The molecule has 1 aromatic rings. The molecule has 24 heavy (non-hydrogen) atoms. The van der Waals surface area contributed by atoms with Crippen molar-refractivity contribution in [1.82, 2.24) is 10.6 Å². The molecule has 1 heterocycles. The second-order valence-electron chi connectivity index (χ2n) is 6.11. The first-order chi connectivity index (χ1) is 11.5. The number of hydrogen-bond acceptors (Lipinski definition) is 4. The minimum atomic E-state index is -2.87. The van der Waals surface area contributed by atoms with Crippen molar-refractivity contribution in [3.8, 4) is 5.75 Å². The van der Waals surface area contributed by atoms with Gasteiger partial charge in [0.25, 0.3) is 0 Å². The van der Waals surface area contributed by atoms with Crippen LogP contribution >= 0.6 is 0 Å². The molecular weight excluding hydrogens is 326 g/mol. The standard InChI is InChI=1S/C17H27N3O3S/c1-14-5-7-16(8-6-14)23-11-4-3-10-19-17(18-2)20-15-9-12-24(21,22)13-15/h5-8,15H,3-4,9-13H2,1-2H3,(H2,18,19,20). The lowest BCUT2D eigenvalue weighted by Gasteiger charge is -2.16. The summed E-state index contributed by atoms with van der Waals surface area (Å²) in [7, 11) is -1.18. The van der Waals surface area contributed by atoms with Gasteiger partial charge in [-0.25, -0.2) is 8.42 Å². The van der Waals surface area contributed by atoms with Gasteiger partial charge in [0.15, 0.2) is 15.8 Å². The minimum Gasteiger partial charge on any atom is -0.494 e. The molecule has 1 unspecified atom stereocenters. The maximum absolute atomic E-state index is 11.5. The van der Waals surface area contributed by atoms with Gasteiger partial charge in [-0.15, -0.1) is 0 Å². The molecule has 134 valence electrons. The number of aryl methyl sites for hydroxylation is 1. The molecule has 0 bridgehead atoms. The van der Waals surface area contributed by atoms with Gasteiger partial charge in [0.1, 0.15) is 5.75 Å². The van der Waals surface area contributed by atoms with Crippen LogP contribution in [0.3, 0.4) is 0 Å². The highest BCUT2D eigenvalue weighted by molar-refractivity contribution is 7.91. The molecule has 1 aromatic carbocycles. The molecule has 1 saturated heterocycles. The number of hydrogen-bond donors (Lipinski definition) is 2. The lowest BCUT2D eigenvalue weighted by Crippen LogP contribution is -2.44. The lowest BCUT2D eigenvalue weighted by atomic mass is 10.2. The van der Waals surface area contributed by atoms with E-state index in [-0.39, 0.29) is 17.5 Å². The predicted molar refractivity (Wildman–Crippen MR) is 97.5 cm³/mol.